The van der Waals surface area contributed by atoms with Gasteiger partial charge in [-0.05, 0) is 57.9 Å². The van der Waals surface area contributed by atoms with Gasteiger partial charge in [0, 0.05) is 21.1 Å². The van der Waals surface area contributed by atoms with Crippen LogP contribution in [0.15, 0.2) is 45.3 Å². The number of fused-ring (bicyclic) bond motifs is 1. The normalized spacial score (nSPS) is 16.6. The molecule has 0 spiro atoms. The van der Waals surface area contributed by atoms with Crippen LogP contribution >= 0.6 is 31.9 Å². The molecule has 3 rings (SSSR count). The molecule has 0 saturated heterocycles. The summed E-state index contributed by atoms with van der Waals surface area (Å²) in [6.45, 7) is 0.677. The molecule has 0 amide bonds. The van der Waals surface area contributed by atoms with Gasteiger partial charge in [-0.15, -0.1) is 0 Å². The molecule has 0 bridgehead atoms. The Hall–Kier alpha value is -1.07. The Morgan fingerprint density at radius 1 is 1.20 bits per heavy atom. The summed E-state index contributed by atoms with van der Waals surface area (Å²) in [6, 6.07) is 10.7. The van der Waals surface area contributed by atoms with Crippen molar-refractivity contribution in [1.29, 1.82) is 0 Å². The molecule has 0 aromatic heterocycles. The predicted molar refractivity (Wildman–Crippen MR) is 84.9 cm³/mol. The van der Waals surface area contributed by atoms with Gasteiger partial charge in [0.05, 0.1) is 6.54 Å². The van der Waals surface area contributed by atoms with E-state index in [2.05, 4.69) is 43.2 Å². The van der Waals surface area contributed by atoms with Gasteiger partial charge in [0.25, 0.3) is 0 Å². The molecular weight excluding hydrogens is 389 g/mol. The van der Waals surface area contributed by atoms with Gasteiger partial charge in [0.1, 0.15) is 17.7 Å². The number of ether oxygens (including phenoxy) is 1. The van der Waals surface area contributed by atoms with E-state index in [4.69, 9.17) is 4.74 Å². The molecule has 2 aromatic rings. The fourth-order valence-electron chi connectivity index (χ4n) is 2.26. The first-order chi connectivity index (χ1) is 9.61. The van der Waals surface area contributed by atoms with Crippen LogP contribution in [0.1, 0.15) is 5.56 Å². The van der Waals surface area contributed by atoms with Gasteiger partial charge in [0.2, 0.25) is 0 Å². The molecule has 0 radical (unpaired) electrons. The number of hydrogen-bond donors (Lipinski definition) is 1. The first-order valence-corrected chi connectivity index (χ1v) is 7.84. The third kappa shape index (κ3) is 2.99. The second-order valence-electron chi connectivity index (χ2n) is 4.70. The lowest BCUT2D eigenvalue weighted by atomic mass is 10.1. The SMILES string of the molecule is Fc1ccc(NCC2Cc3cc(Br)ccc3O2)c(Br)c1. The van der Waals surface area contributed by atoms with Crippen molar-refractivity contribution < 1.29 is 9.13 Å². The highest BCUT2D eigenvalue weighted by atomic mass is 79.9. The first kappa shape index (κ1) is 13.9. The second kappa shape index (κ2) is 5.74. The monoisotopic (exact) mass is 399 g/mol. The molecule has 20 heavy (non-hydrogen) atoms. The quantitative estimate of drug-likeness (QED) is 0.801. The third-order valence-electron chi connectivity index (χ3n) is 3.22. The maximum Gasteiger partial charge on any atom is 0.124 e. The third-order valence-corrected chi connectivity index (χ3v) is 4.36. The van der Waals surface area contributed by atoms with Crippen molar-refractivity contribution in [2.75, 3.05) is 11.9 Å². The lowest BCUT2D eigenvalue weighted by Crippen LogP contribution is -2.24. The number of nitrogens with one attached hydrogen (secondary N) is 1. The van der Waals surface area contributed by atoms with E-state index < -0.39 is 0 Å². The summed E-state index contributed by atoms with van der Waals surface area (Å²) in [4.78, 5) is 0. The Morgan fingerprint density at radius 2 is 2.05 bits per heavy atom. The van der Waals surface area contributed by atoms with Crippen LogP contribution in [0.25, 0.3) is 0 Å². The lowest BCUT2D eigenvalue weighted by molar-refractivity contribution is 0.246. The fourth-order valence-corrected chi connectivity index (χ4v) is 3.16. The molecule has 0 aliphatic carbocycles. The van der Waals surface area contributed by atoms with E-state index in [0.717, 1.165) is 26.8 Å². The van der Waals surface area contributed by atoms with E-state index in [0.29, 0.717) is 6.54 Å². The van der Waals surface area contributed by atoms with Gasteiger partial charge in [-0.25, -0.2) is 4.39 Å². The van der Waals surface area contributed by atoms with E-state index in [9.17, 15) is 4.39 Å². The van der Waals surface area contributed by atoms with Crippen molar-refractivity contribution in [1.82, 2.24) is 0 Å². The molecule has 1 heterocycles. The number of rotatable bonds is 3. The van der Waals surface area contributed by atoms with Gasteiger partial charge in [0.15, 0.2) is 0 Å². The molecule has 2 nitrogen and oxygen atoms in total. The van der Waals surface area contributed by atoms with Crippen LogP contribution in [-0.2, 0) is 6.42 Å². The largest absolute Gasteiger partial charge is 0.488 e. The van der Waals surface area contributed by atoms with Crippen LogP contribution < -0.4 is 10.1 Å². The Morgan fingerprint density at radius 3 is 2.85 bits per heavy atom. The van der Waals surface area contributed by atoms with E-state index in [1.165, 1.54) is 17.7 Å². The van der Waals surface area contributed by atoms with Crippen molar-refractivity contribution in [3.8, 4) is 5.75 Å². The molecule has 2 aromatic carbocycles. The summed E-state index contributed by atoms with van der Waals surface area (Å²) in [6.07, 6.45) is 0.969. The maximum absolute atomic E-state index is 13.0. The van der Waals surface area contributed by atoms with Crippen LogP contribution in [0, 0.1) is 5.82 Å². The second-order valence-corrected chi connectivity index (χ2v) is 6.47. The van der Waals surface area contributed by atoms with Crippen molar-refractivity contribution in [2.45, 2.75) is 12.5 Å². The summed E-state index contributed by atoms with van der Waals surface area (Å²) >= 11 is 6.81. The predicted octanol–water partition coefficient (Wildman–Crippen LogP) is 4.77. The first-order valence-electron chi connectivity index (χ1n) is 6.26. The van der Waals surface area contributed by atoms with Crippen LogP contribution in [-0.4, -0.2) is 12.6 Å². The Kier molecular flexibility index (Phi) is 3.98. The fraction of sp³-hybridized carbons (Fsp3) is 0.200. The minimum absolute atomic E-state index is 0.0938. The van der Waals surface area contributed by atoms with E-state index in [1.54, 1.807) is 6.07 Å². The molecule has 0 fully saturated rings. The van der Waals surface area contributed by atoms with Crippen LogP contribution in [0.2, 0.25) is 0 Å². The Bertz CT molecular complexity index is 648. The van der Waals surface area contributed by atoms with E-state index in [-0.39, 0.29) is 11.9 Å². The molecular formula is C15H12Br2FNO. The molecule has 5 heteroatoms. The summed E-state index contributed by atoms with van der Waals surface area (Å²) in [5.41, 5.74) is 2.08. The van der Waals surface area contributed by atoms with E-state index in [1.807, 2.05) is 12.1 Å². The average Bonchev–Trinajstić information content (AvgIpc) is 2.79. The van der Waals surface area contributed by atoms with Gasteiger partial charge in [-0.3, -0.25) is 0 Å². The molecule has 0 saturated carbocycles. The number of benzene rings is 2. The highest BCUT2D eigenvalue weighted by Crippen LogP contribution is 2.31. The van der Waals surface area contributed by atoms with Crippen LogP contribution in [0.4, 0.5) is 10.1 Å². The Labute approximate surface area is 133 Å². The average molecular weight is 401 g/mol. The minimum atomic E-state index is -0.253. The minimum Gasteiger partial charge on any atom is -0.488 e. The number of hydrogen-bond acceptors (Lipinski definition) is 2. The summed E-state index contributed by atoms with van der Waals surface area (Å²) < 4.78 is 20.7. The zero-order valence-corrected chi connectivity index (χ0v) is 13.7. The van der Waals surface area contributed by atoms with Crippen molar-refractivity contribution >= 4 is 37.5 Å². The van der Waals surface area contributed by atoms with Gasteiger partial charge >= 0.3 is 0 Å². The van der Waals surface area contributed by atoms with Crippen molar-refractivity contribution in [3.05, 3.63) is 56.7 Å². The number of halogens is 3. The zero-order valence-electron chi connectivity index (χ0n) is 10.5. The standard InChI is InChI=1S/C15H12Br2FNO/c16-10-1-4-15-9(5-10)6-12(20-15)8-19-14-3-2-11(18)7-13(14)17/h1-5,7,12,19H,6,8H2. The van der Waals surface area contributed by atoms with Crippen LogP contribution in [0.3, 0.4) is 0 Å². The molecule has 1 aliphatic rings. The highest BCUT2D eigenvalue weighted by molar-refractivity contribution is 9.10. The Balaban J connectivity index is 1.63. The van der Waals surface area contributed by atoms with Crippen molar-refractivity contribution in [3.63, 3.8) is 0 Å². The summed E-state index contributed by atoms with van der Waals surface area (Å²) in [5.74, 6) is 0.690. The highest BCUT2D eigenvalue weighted by Gasteiger charge is 2.22. The molecule has 1 atom stereocenters. The molecule has 1 N–H and O–H groups in total. The smallest absolute Gasteiger partial charge is 0.124 e. The maximum atomic E-state index is 13.0. The van der Waals surface area contributed by atoms with Gasteiger partial charge in [-0.2, -0.15) is 0 Å². The number of anilines is 1. The van der Waals surface area contributed by atoms with E-state index >= 15 is 0 Å². The lowest BCUT2D eigenvalue weighted by Gasteiger charge is -2.14. The topological polar surface area (TPSA) is 21.3 Å². The van der Waals surface area contributed by atoms with Gasteiger partial charge in [-0.1, -0.05) is 15.9 Å². The molecule has 1 unspecified atom stereocenters. The van der Waals surface area contributed by atoms with Crippen LogP contribution in [0.5, 0.6) is 5.75 Å². The summed E-state index contributed by atoms with van der Waals surface area (Å²) in [7, 11) is 0. The van der Waals surface area contributed by atoms with Gasteiger partial charge < -0.3 is 10.1 Å². The zero-order chi connectivity index (χ0) is 14.1. The van der Waals surface area contributed by atoms with Crippen molar-refractivity contribution in [2.24, 2.45) is 0 Å². The molecule has 1 aliphatic heterocycles. The molecule has 104 valence electrons. The summed E-state index contributed by atoms with van der Waals surface area (Å²) in [5, 5.41) is 3.28.